The third kappa shape index (κ3) is 3.14. The van der Waals surface area contributed by atoms with Crippen molar-refractivity contribution in [2.45, 2.75) is 18.9 Å². The number of aryl methyl sites for hydroxylation is 1. The van der Waals surface area contributed by atoms with E-state index in [1.54, 1.807) is 16.0 Å². The van der Waals surface area contributed by atoms with Crippen LogP contribution < -0.4 is 4.90 Å². The number of rotatable bonds is 3. The highest BCUT2D eigenvalue weighted by atomic mass is 32.1. The summed E-state index contributed by atoms with van der Waals surface area (Å²) in [5.74, 6) is 0. The molecule has 1 saturated heterocycles. The minimum absolute atomic E-state index is 0.521. The van der Waals surface area contributed by atoms with Crippen LogP contribution in [0.1, 0.15) is 18.4 Å². The Labute approximate surface area is 172 Å². The highest BCUT2D eigenvalue weighted by molar-refractivity contribution is 7.20. The first-order valence-electron chi connectivity index (χ1n) is 9.67. The molecule has 1 fully saturated rings. The number of imidazole rings is 1. The Bertz CT molecular complexity index is 1200. The Morgan fingerprint density at radius 3 is 2.69 bits per heavy atom. The summed E-state index contributed by atoms with van der Waals surface area (Å²) >= 11 is 1.60. The lowest BCUT2D eigenvalue weighted by Gasteiger charge is -2.34. The van der Waals surface area contributed by atoms with E-state index in [4.69, 9.17) is 10.1 Å². The maximum absolute atomic E-state index is 9.51. The first-order valence-corrected chi connectivity index (χ1v) is 10.5. The molecule has 1 aliphatic rings. The van der Waals surface area contributed by atoms with E-state index >= 15 is 0 Å². The zero-order valence-corrected chi connectivity index (χ0v) is 17.5. The summed E-state index contributed by atoms with van der Waals surface area (Å²) in [5, 5.41) is 20.6. The van der Waals surface area contributed by atoms with Gasteiger partial charge in [-0.1, -0.05) is 11.3 Å². The van der Waals surface area contributed by atoms with E-state index in [0.717, 1.165) is 58.2 Å². The molecule has 0 aliphatic carbocycles. The van der Waals surface area contributed by atoms with Crippen LogP contribution in [0.3, 0.4) is 0 Å². The zero-order chi connectivity index (χ0) is 20.1. The second-order valence-electron chi connectivity index (χ2n) is 7.76. The number of hydrogen-bond acceptors (Lipinski definition) is 7. The lowest BCUT2D eigenvalue weighted by Crippen LogP contribution is -2.42. The molecule has 1 aliphatic heterocycles. The molecule has 0 radical (unpaired) electrons. The third-order valence-electron chi connectivity index (χ3n) is 5.71. The highest BCUT2D eigenvalue weighted by Gasteiger charge is 2.23. The lowest BCUT2D eigenvalue weighted by molar-refractivity contribution is 0.252. The van der Waals surface area contributed by atoms with Crippen LogP contribution in [-0.2, 0) is 7.05 Å². The summed E-state index contributed by atoms with van der Waals surface area (Å²) in [6, 6.07) is 6.66. The number of aromatic nitrogens is 5. The van der Waals surface area contributed by atoms with Crippen molar-refractivity contribution in [3.8, 4) is 17.3 Å². The number of anilines is 1. The predicted octanol–water partition coefficient (Wildman–Crippen LogP) is 2.75. The first-order chi connectivity index (χ1) is 14.0. The van der Waals surface area contributed by atoms with Crippen LogP contribution in [-0.4, -0.2) is 62.5 Å². The van der Waals surface area contributed by atoms with Gasteiger partial charge in [0.1, 0.15) is 11.6 Å². The van der Waals surface area contributed by atoms with Gasteiger partial charge in [0.2, 0.25) is 10.1 Å². The second kappa shape index (κ2) is 6.83. The number of nitriles is 1. The van der Waals surface area contributed by atoms with Crippen molar-refractivity contribution in [1.29, 1.82) is 5.26 Å². The van der Waals surface area contributed by atoms with Gasteiger partial charge in [-0.15, -0.1) is 5.10 Å². The fourth-order valence-corrected chi connectivity index (χ4v) is 4.91. The molecule has 0 amide bonds. The van der Waals surface area contributed by atoms with Crippen molar-refractivity contribution in [3.05, 3.63) is 30.1 Å². The quantitative estimate of drug-likeness (QED) is 0.521. The summed E-state index contributed by atoms with van der Waals surface area (Å²) < 4.78 is 3.58. The van der Waals surface area contributed by atoms with Crippen LogP contribution in [0.2, 0.25) is 0 Å². The molecule has 4 heterocycles. The molecular formula is C20H22N8S. The molecule has 0 saturated carbocycles. The van der Waals surface area contributed by atoms with E-state index in [9.17, 15) is 5.26 Å². The molecule has 0 N–H and O–H groups in total. The van der Waals surface area contributed by atoms with E-state index in [2.05, 4.69) is 35.1 Å². The van der Waals surface area contributed by atoms with Gasteiger partial charge in [-0.05, 0) is 45.1 Å². The monoisotopic (exact) mass is 406 g/mol. The molecule has 29 heavy (non-hydrogen) atoms. The lowest BCUT2D eigenvalue weighted by atomic mass is 10.1. The average molecular weight is 407 g/mol. The zero-order valence-electron chi connectivity index (χ0n) is 16.7. The van der Waals surface area contributed by atoms with Gasteiger partial charge < -0.3 is 9.80 Å². The Balaban J connectivity index is 1.46. The smallest absolute Gasteiger partial charge is 0.214 e. The van der Waals surface area contributed by atoms with Crippen molar-refractivity contribution in [2.75, 3.05) is 32.1 Å². The van der Waals surface area contributed by atoms with Gasteiger partial charge in [0, 0.05) is 37.3 Å². The van der Waals surface area contributed by atoms with Crippen molar-refractivity contribution in [2.24, 2.45) is 7.05 Å². The number of benzene rings is 1. The molecule has 4 aromatic rings. The largest absolute Gasteiger partial charge is 0.347 e. The molecule has 1 aromatic carbocycles. The SMILES string of the molecule is CN1CCC(N(C)c2nn3cc(-c4cc(C#N)c5nn(C)cc5c4)nc3s2)CC1. The van der Waals surface area contributed by atoms with Crippen molar-refractivity contribution >= 4 is 32.3 Å². The molecule has 5 rings (SSSR count). The standard InChI is InChI=1S/C20H22N8S/c1-25-6-4-16(5-7-25)27(3)20-24-28-12-17(22-19(28)29-20)13-8-14(10-21)18-15(9-13)11-26(2)23-18/h8-9,11-12,16H,4-7H2,1-3H3. The molecule has 0 unspecified atom stereocenters. The number of hydrogen-bond donors (Lipinski definition) is 0. The maximum atomic E-state index is 9.51. The summed E-state index contributed by atoms with van der Waals surface area (Å²) in [6.45, 7) is 2.25. The van der Waals surface area contributed by atoms with Gasteiger partial charge >= 0.3 is 0 Å². The van der Waals surface area contributed by atoms with Crippen molar-refractivity contribution < 1.29 is 0 Å². The summed E-state index contributed by atoms with van der Waals surface area (Å²) in [5.41, 5.74) is 3.01. The fraction of sp³-hybridized carbons (Fsp3) is 0.400. The van der Waals surface area contributed by atoms with Gasteiger partial charge in [-0.2, -0.15) is 10.4 Å². The molecular weight excluding hydrogens is 384 g/mol. The van der Waals surface area contributed by atoms with Gasteiger partial charge in [0.15, 0.2) is 0 Å². The molecule has 0 spiro atoms. The van der Waals surface area contributed by atoms with Gasteiger partial charge in [-0.3, -0.25) is 4.68 Å². The van der Waals surface area contributed by atoms with Gasteiger partial charge in [-0.25, -0.2) is 9.50 Å². The average Bonchev–Trinajstić information content (AvgIpc) is 3.38. The van der Waals surface area contributed by atoms with Gasteiger partial charge in [0.05, 0.1) is 17.5 Å². The van der Waals surface area contributed by atoms with E-state index in [1.807, 2.05) is 36.1 Å². The molecule has 0 atom stereocenters. The number of piperidine rings is 1. The number of nitrogens with zero attached hydrogens (tertiary/aromatic N) is 8. The van der Waals surface area contributed by atoms with E-state index in [1.165, 1.54) is 0 Å². The number of fused-ring (bicyclic) bond motifs is 2. The second-order valence-corrected chi connectivity index (χ2v) is 8.69. The third-order valence-corrected chi connectivity index (χ3v) is 6.72. The van der Waals surface area contributed by atoms with Crippen LogP contribution in [0, 0.1) is 11.3 Å². The Morgan fingerprint density at radius 1 is 1.17 bits per heavy atom. The van der Waals surface area contributed by atoms with Crippen LogP contribution in [0.15, 0.2) is 24.5 Å². The van der Waals surface area contributed by atoms with Crippen molar-refractivity contribution in [3.63, 3.8) is 0 Å². The normalized spacial score (nSPS) is 15.9. The number of likely N-dealkylation sites (tertiary alicyclic amines) is 1. The molecule has 148 valence electrons. The van der Waals surface area contributed by atoms with Crippen LogP contribution in [0.25, 0.3) is 27.1 Å². The van der Waals surface area contributed by atoms with E-state index in [-0.39, 0.29) is 0 Å². The Kier molecular flexibility index (Phi) is 4.26. The van der Waals surface area contributed by atoms with E-state index < -0.39 is 0 Å². The Hall–Kier alpha value is -2.96. The maximum Gasteiger partial charge on any atom is 0.214 e. The topological polar surface area (TPSA) is 78.3 Å². The van der Waals surface area contributed by atoms with Crippen LogP contribution in [0.4, 0.5) is 5.13 Å². The summed E-state index contributed by atoms with van der Waals surface area (Å²) in [7, 11) is 6.17. The molecule has 8 nitrogen and oxygen atoms in total. The Morgan fingerprint density at radius 2 is 1.97 bits per heavy atom. The van der Waals surface area contributed by atoms with Crippen LogP contribution in [0.5, 0.6) is 0 Å². The fourth-order valence-electron chi connectivity index (χ4n) is 4.00. The highest BCUT2D eigenvalue weighted by Crippen LogP contribution is 2.31. The molecule has 0 bridgehead atoms. The minimum atomic E-state index is 0.521. The summed E-state index contributed by atoms with van der Waals surface area (Å²) in [4.78, 5) is 10.3. The summed E-state index contributed by atoms with van der Waals surface area (Å²) in [6.07, 6.45) is 6.17. The molecule has 3 aromatic heterocycles. The van der Waals surface area contributed by atoms with Crippen molar-refractivity contribution in [1.82, 2.24) is 29.3 Å². The van der Waals surface area contributed by atoms with E-state index in [0.29, 0.717) is 11.6 Å². The predicted molar refractivity (Wildman–Crippen MR) is 114 cm³/mol. The van der Waals surface area contributed by atoms with Gasteiger partial charge in [0.25, 0.3) is 0 Å². The van der Waals surface area contributed by atoms with Crippen LogP contribution >= 0.6 is 11.3 Å². The minimum Gasteiger partial charge on any atom is -0.347 e. The molecule has 9 heteroatoms. The first kappa shape index (κ1) is 18.1.